The fourth-order valence-electron chi connectivity index (χ4n) is 3.40. The zero-order valence-corrected chi connectivity index (χ0v) is 13.4. The minimum atomic E-state index is -3.08. The van der Waals surface area contributed by atoms with Crippen LogP contribution in [-0.4, -0.2) is 44.0 Å². The smallest absolute Gasteiger partial charge is 0.227 e. The normalized spacial score (nSPS) is 23.9. The Bertz CT molecular complexity index is 657. The third-order valence-electron chi connectivity index (χ3n) is 4.55. The molecule has 1 aromatic carbocycles. The molecule has 1 fully saturated rings. The highest BCUT2D eigenvalue weighted by atomic mass is 32.2. The van der Waals surface area contributed by atoms with Crippen LogP contribution in [0.25, 0.3) is 0 Å². The molecule has 1 aromatic rings. The van der Waals surface area contributed by atoms with Gasteiger partial charge in [-0.1, -0.05) is 24.3 Å². The molecule has 22 heavy (non-hydrogen) atoms. The lowest BCUT2D eigenvalue weighted by Gasteiger charge is -2.25. The molecule has 5 nitrogen and oxygen atoms in total. The lowest BCUT2D eigenvalue weighted by molar-refractivity contribution is -0.122. The van der Waals surface area contributed by atoms with Crippen molar-refractivity contribution >= 4 is 15.9 Å². The summed E-state index contributed by atoms with van der Waals surface area (Å²) in [5.74, 6) is 0.153. The second-order valence-electron chi connectivity index (χ2n) is 6.00. The van der Waals surface area contributed by atoms with Crippen molar-refractivity contribution < 1.29 is 13.2 Å². The van der Waals surface area contributed by atoms with Crippen LogP contribution in [-0.2, 0) is 21.2 Å². The molecule has 1 N–H and O–H groups in total. The van der Waals surface area contributed by atoms with Crippen molar-refractivity contribution in [2.24, 2.45) is 0 Å². The fraction of sp³-hybridized carbons (Fsp3) is 0.562. The van der Waals surface area contributed by atoms with Crippen LogP contribution >= 0.6 is 0 Å². The zero-order chi connectivity index (χ0) is 15.6. The van der Waals surface area contributed by atoms with E-state index in [2.05, 4.69) is 11.4 Å². The first-order chi connectivity index (χ1) is 10.6. The van der Waals surface area contributed by atoms with Gasteiger partial charge in [0.25, 0.3) is 0 Å². The van der Waals surface area contributed by atoms with Crippen LogP contribution in [0.4, 0.5) is 0 Å². The Kier molecular flexibility index (Phi) is 4.49. The second kappa shape index (κ2) is 6.38. The van der Waals surface area contributed by atoms with Crippen molar-refractivity contribution in [2.75, 3.05) is 25.4 Å². The zero-order valence-electron chi connectivity index (χ0n) is 12.6. The highest BCUT2D eigenvalue weighted by molar-refractivity contribution is 7.89. The first-order valence-electron chi connectivity index (χ1n) is 7.91. The van der Waals surface area contributed by atoms with Crippen LogP contribution in [0.2, 0.25) is 0 Å². The Balaban J connectivity index is 1.57. The van der Waals surface area contributed by atoms with Gasteiger partial charge in [-0.15, -0.1) is 0 Å². The van der Waals surface area contributed by atoms with E-state index in [1.165, 1.54) is 9.87 Å². The molecule has 0 saturated carbocycles. The number of hydrogen-bond acceptors (Lipinski definition) is 3. The molecule has 2 aliphatic rings. The molecule has 120 valence electrons. The van der Waals surface area contributed by atoms with E-state index < -0.39 is 10.0 Å². The van der Waals surface area contributed by atoms with E-state index in [4.69, 9.17) is 0 Å². The van der Waals surface area contributed by atoms with Crippen LogP contribution in [0.5, 0.6) is 0 Å². The van der Waals surface area contributed by atoms with Crippen molar-refractivity contribution in [1.82, 2.24) is 9.62 Å². The number of nitrogens with zero attached hydrogens (tertiary/aromatic N) is 1. The van der Waals surface area contributed by atoms with Crippen LogP contribution in [0, 0.1) is 0 Å². The largest absolute Gasteiger partial charge is 0.354 e. The van der Waals surface area contributed by atoms with E-state index in [-0.39, 0.29) is 17.6 Å². The molecule has 1 aliphatic heterocycles. The SMILES string of the molecule is O=C(NCCN1CCCS1(=O)=O)C1CCCc2ccccc21. The maximum absolute atomic E-state index is 12.4. The summed E-state index contributed by atoms with van der Waals surface area (Å²) in [6.07, 6.45) is 3.61. The molecule has 1 unspecified atom stereocenters. The number of carbonyl (C=O) groups excluding carboxylic acids is 1. The third kappa shape index (κ3) is 3.17. The monoisotopic (exact) mass is 322 g/mol. The van der Waals surface area contributed by atoms with Crippen molar-refractivity contribution in [3.63, 3.8) is 0 Å². The average molecular weight is 322 g/mol. The summed E-state index contributed by atoms with van der Waals surface area (Å²) in [7, 11) is -3.08. The first-order valence-corrected chi connectivity index (χ1v) is 9.52. The number of hydrogen-bond donors (Lipinski definition) is 1. The molecule has 6 heteroatoms. The minimum absolute atomic E-state index is 0.0174. The van der Waals surface area contributed by atoms with Gasteiger partial charge in [-0.2, -0.15) is 0 Å². The minimum Gasteiger partial charge on any atom is -0.354 e. The van der Waals surface area contributed by atoms with Crippen LogP contribution in [0.15, 0.2) is 24.3 Å². The van der Waals surface area contributed by atoms with Crippen molar-refractivity contribution in [1.29, 1.82) is 0 Å². The maximum Gasteiger partial charge on any atom is 0.227 e. The molecule has 0 bridgehead atoms. The summed E-state index contributed by atoms with van der Waals surface area (Å²) >= 11 is 0. The molecular formula is C16H22N2O3S. The number of benzene rings is 1. The molecule has 3 rings (SSSR count). The fourth-order valence-corrected chi connectivity index (χ4v) is 4.92. The third-order valence-corrected chi connectivity index (χ3v) is 6.51. The van der Waals surface area contributed by atoms with Gasteiger partial charge in [-0.05, 0) is 36.8 Å². The average Bonchev–Trinajstić information content (AvgIpc) is 2.85. The van der Waals surface area contributed by atoms with Gasteiger partial charge in [0, 0.05) is 19.6 Å². The van der Waals surface area contributed by atoms with Gasteiger partial charge < -0.3 is 5.32 Å². The summed E-state index contributed by atoms with van der Waals surface area (Å²) in [5, 5.41) is 2.91. The summed E-state index contributed by atoms with van der Waals surface area (Å²) in [5.41, 5.74) is 2.39. The van der Waals surface area contributed by atoms with E-state index in [1.54, 1.807) is 0 Å². The molecule has 0 aromatic heterocycles. The molecule has 1 aliphatic carbocycles. The molecule has 1 heterocycles. The summed E-state index contributed by atoms with van der Waals surface area (Å²) < 4.78 is 24.9. The standard InChI is InChI=1S/C16H22N2O3S/c19-16(17-9-11-18-10-4-12-22(18,20)21)15-8-3-6-13-5-1-2-7-14(13)15/h1-2,5,7,15H,3-4,6,8-12H2,(H,17,19). The predicted octanol–water partition coefficient (Wildman–Crippen LogP) is 1.26. The number of amides is 1. The maximum atomic E-state index is 12.4. The highest BCUT2D eigenvalue weighted by Crippen LogP contribution is 2.31. The lowest BCUT2D eigenvalue weighted by atomic mass is 9.82. The molecule has 1 amide bonds. The highest BCUT2D eigenvalue weighted by Gasteiger charge is 2.29. The Morgan fingerprint density at radius 2 is 2.09 bits per heavy atom. The number of sulfonamides is 1. The van der Waals surface area contributed by atoms with Gasteiger partial charge in [0.1, 0.15) is 0 Å². The molecule has 0 spiro atoms. The van der Waals surface area contributed by atoms with Crippen molar-refractivity contribution in [2.45, 2.75) is 31.6 Å². The summed E-state index contributed by atoms with van der Waals surface area (Å²) in [6.45, 7) is 1.34. The van der Waals surface area contributed by atoms with Gasteiger partial charge in [0.15, 0.2) is 0 Å². The Labute approximate surface area is 131 Å². The quantitative estimate of drug-likeness (QED) is 0.907. The van der Waals surface area contributed by atoms with E-state index in [0.29, 0.717) is 26.1 Å². The second-order valence-corrected chi connectivity index (χ2v) is 8.09. The van der Waals surface area contributed by atoms with Crippen molar-refractivity contribution in [3.8, 4) is 0 Å². The lowest BCUT2D eigenvalue weighted by Crippen LogP contribution is -2.38. The summed E-state index contributed by atoms with van der Waals surface area (Å²) in [4.78, 5) is 12.4. The van der Waals surface area contributed by atoms with Crippen molar-refractivity contribution in [3.05, 3.63) is 35.4 Å². The Morgan fingerprint density at radius 3 is 2.86 bits per heavy atom. The van der Waals surface area contributed by atoms with Gasteiger partial charge in [0.2, 0.25) is 15.9 Å². The molecule has 0 radical (unpaired) electrons. The topological polar surface area (TPSA) is 66.5 Å². The number of rotatable bonds is 4. The van der Waals surface area contributed by atoms with Crippen LogP contribution < -0.4 is 5.32 Å². The molecule has 1 atom stereocenters. The van der Waals surface area contributed by atoms with E-state index in [0.717, 1.165) is 24.8 Å². The van der Waals surface area contributed by atoms with E-state index >= 15 is 0 Å². The number of carbonyl (C=O) groups is 1. The number of fused-ring (bicyclic) bond motifs is 1. The molecular weight excluding hydrogens is 300 g/mol. The van der Waals surface area contributed by atoms with Gasteiger partial charge in [-0.3, -0.25) is 4.79 Å². The number of nitrogens with one attached hydrogen (secondary N) is 1. The van der Waals surface area contributed by atoms with Crippen LogP contribution in [0.1, 0.15) is 36.3 Å². The van der Waals surface area contributed by atoms with E-state index in [1.807, 2.05) is 18.2 Å². The van der Waals surface area contributed by atoms with Gasteiger partial charge >= 0.3 is 0 Å². The Hall–Kier alpha value is -1.40. The van der Waals surface area contributed by atoms with Gasteiger partial charge in [-0.25, -0.2) is 12.7 Å². The van der Waals surface area contributed by atoms with E-state index in [9.17, 15) is 13.2 Å². The summed E-state index contributed by atoms with van der Waals surface area (Å²) in [6, 6.07) is 8.10. The first kappa shape index (κ1) is 15.5. The predicted molar refractivity (Wildman–Crippen MR) is 85.1 cm³/mol. The van der Waals surface area contributed by atoms with Crippen LogP contribution in [0.3, 0.4) is 0 Å². The molecule has 1 saturated heterocycles. The van der Waals surface area contributed by atoms with Gasteiger partial charge in [0.05, 0.1) is 11.7 Å². The Morgan fingerprint density at radius 1 is 1.27 bits per heavy atom. The number of aryl methyl sites for hydroxylation is 1.